The minimum absolute atomic E-state index is 0.0781. The van der Waals surface area contributed by atoms with Crippen molar-refractivity contribution >= 4 is 39.1 Å². The van der Waals surface area contributed by atoms with Crippen LogP contribution in [0.1, 0.15) is 20.9 Å². The molecular formula is C23H22BrN3O4. The maximum Gasteiger partial charge on any atom is 0.289 e. The number of amides is 2. The van der Waals surface area contributed by atoms with E-state index < -0.39 is 0 Å². The number of hydrogen-bond acceptors (Lipinski definition) is 5. The fourth-order valence-corrected chi connectivity index (χ4v) is 3.90. The highest BCUT2D eigenvalue weighted by Gasteiger charge is 2.23. The fourth-order valence-electron chi connectivity index (χ4n) is 3.54. The number of benzene rings is 2. The van der Waals surface area contributed by atoms with Gasteiger partial charge in [0.1, 0.15) is 5.75 Å². The Kier molecular flexibility index (Phi) is 6.27. The number of rotatable bonds is 5. The quantitative estimate of drug-likeness (QED) is 0.586. The molecule has 0 aliphatic carbocycles. The van der Waals surface area contributed by atoms with Gasteiger partial charge in [-0.2, -0.15) is 0 Å². The minimum atomic E-state index is -0.240. The molecule has 0 unspecified atom stereocenters. The molecular weight excluding hydrogens is 462 g/mol. The molecule has 4 rings (SSSR count). The summed E-state index contributed by atoms with van der Waals surface area (Å²) >= 11 is 3.39. The van der Waals surface area contributed by atoms with Gasteiger partial charge in [0.25, 0.3) is 11.8 Å². The van der Waals surface area contributed by atoms with E-state index in [0.717, 1.165) is 23.2 Å². The molecule has 2 heterocycles. The van der Waals surface area contributed by atoms with Gasteiger partial charge < -0.3 is 24.3 Å². The molecule has 7 nitrogen and oxygen atoms in total. The molecule has 1 N–H and O–H groups in total. The monoisotopic (exact) mass is 483 g/mol. The van der Waals surface area contributed by atoms with Crippen molar-refractivity contribution in [2.75, 3.05) is 43.5 Å². The molecule has 2 amide bonds. The molecule has 1 saturated heterocycles. The summed E-state index contributed by atoms with van der Waals surface area (Å²) in [5.74, 6) is 0.566. The largest absolute Gasteiger partial charge is 0.496 e. The van der Waals surface area contributed by atoms with Crippen molar-refractivity contribution in [2.45, 2.75) is 0 Å². The molecule has 0 spiro atoms. The summed E-state index contributed by atoms with van der Waals surface area (Å²) in [6.07, 6.45) is 1.51. The number of carbonyl (C=O) groups is 2. The van der Waals surface area contributed by atoms with Gasteiger partial charge in [-0.05, 0) is 54.6 Å². The highest BCUT2D eigenvalue weighted by atomic mass is 79.9. The molecule has 160 valence electrons. The number of hydrogen-bond donors (Lipinski definition) is 1. The van der Waals surface area contributed by atoms with Gasteiger partial charge in [-0.25, -0.2) is 0 Å². The average Bonchev–Trinajstić information content (AvgIpc) is 3.34. The van der Waals surface area contributed by atoms with Crippen LogP contribution in [0.4, 0.5) is 11.4 Å². The van der Waals surface area contributed by atoms with Crippen molar-refractivity contribution in [2.24, 2.45) is 0 Å². The maximum atomic E-state index is 12.7. The van der Waals surface area contributed by atoms with Gasteiger partial charge in [0.15, 0.2) is 5.76 Å². The van der Waals surface area contributed by atoms with E-state index in [2.05, 4.69) is 26.1 Å². The van der Waals surface area contributed by atoms with Crippen LogP contribution >= 0.6 is 15.9 Å². The SMILES string of the molecule is COc1ccc(Br)cc1C(=O)Nc1ccc(N2CCN(C(=O)c3ccco3)CC2)cc1. The molecule has 1 aromatic heterocycles. The molecule has 0 bridgehead atoms. The molecule has 1 aliphatic rings. The number of carbonyl (C=O) groups excluding carboxylic acids is 2. The second kappa shape index (κ2) is 9.26. The summed E-state index contributed by atoms with van der Waals surface area (Å²) in [6.45, 7) is 2.71. The van der Waals surface area contributed by atoms with Crippen LogP contribution in [0.25, 0.3) is 0 Å². The van der Waals surface area contributed by atoms with Gasteiger partial charge in [0.2, 0.25) is 0 Å². The molecule has 1 aliphatic heterocycles. The van der Waals surface area contributed by atoms with Crippen molar-refractivity contribution in [1.82, 2.24) is 4.90 Å². The standard InChI is InChI=1S/C23H22BrN3O4/c1-30-20-9-4-16(24)15-19(20)22(28)25-17-5-7-18(8-6-17)26-10-12-27(13-11-26)23(29)21-3-2-14-31-21/h2-9,14-15H,10-13H2,1H3,(H,25,28). The summed E-state index contributed by atoms with van der Waals surface area (Å²) in [4.78, 5) is 29.1. The van der Waals surface area contributed by atoms with E-state index in [4.69, 9.17) is 9.15 Å². The minimum Gasteiger partial charge on any atom is -0.496 e. The zero-order valence-corrected chi connectivity index (χ0v) is 18.6. The summed E-state index contributed by atoms with van der Waals surface area (Å²) in [6, 6.07) is 16.4. The molecule has 2 aromatic carbocycles. The molecule has 8 heteroatoms. The van der Waals surface area contributed by atoms with E-state index in [1.165, 1.54) is 13.4 Å². The molecule has 0 saturated carbocycles. The number of halogens is 1. The zero-order chi connectivity index (χ0) is 21.8. The Morgan fingerprint density at radius 1 is 1.03 bits per heavy atom. The van der Waals surface area contributed by atoms with Gasteiger partial charge in [-0.3, -0.25) is 9.59 Å². The first-order chi connectivity index (χ1) is 15.0. The lowest BCUT2D eigenvalue weighted by atomic mass is 10.1. The van der Waals surface area contributed by atoms with E-state index in [1.54, 1.807) is 29.2 Å². The van der Waals surface area contributed by atoms with Gasteiger partial charge in [-0.15, -0.1) is 0 Å². The third-order valence-corrected chi connectivity index (χ3v) is 5.69. The van der Waals surface area contributed by atoms with Crippen LogP contribution < -0.4 is 15.0 Å². The summed E-state index contributed by atoms with van der Waals surface area (Å²) < 4.78 is 11.3. The number of nitrogens with zero attached hydrogens (tertiary/aromatic N) is 2. The predicted molar refractivity (Wildman–Crippen MR) is 122 cm³/mol. The van der Waals surface area contributed by atoms with Crippen LogP contribution in [-0.2, 0) is 0 Å². The van der Waals surface area contributed by atoms with Crippen molar-refractivity contribution in [3.63, 3.8) is 0 Å². The van der Waals surface area contributed by atoms with Crippen LogP contribution in [0.15, 0.2) is 69.8 Å². The first-order valence-electron chi connectivity index (χ1n) is 9.88. The first kappa shape index (κ1) is 21.0. The van der Waals surface area contributed by atoms with Crippen LogP contribution in [0.5, 0.6) is 5.75 Å². The number of ether oxygens (including phenoxy) is 1. The Bertz CT molecular complexity index is 1060. The Hall–Kier alpha value is -3.26. The van der Waals surface area contributed by atoms with E-state index in [-0.39, 0.29) is 11.8 Å². The number of piperazine rings is 1. The Morgan fingerprint density at radius 2 is 1.77 bits per heavy atom. The van der Waals surface area contributed by atoms with E-state index in [1.807, 2.05) is 30.3 Å². The second-order valence-electron chi connectivity index (χ2n) is 7.10. The van der Waals surface area contributed by atoms with Gasteiger partial charge in [0, 0.05) is 42.0 Å². The molecule has 0 radical (unpaired) electrons. The topological polar surface area (TPSA) is 75.0 Å². The number of anilines is 2. The lowest BCUT2D eigenvalue weighted by Gasteiger charge is -2.35. The summed E-state index contributed by atoms with van der Waals surface area (Å²) in [7, 11) is 1.54. The maximum absolute atomic E-state index is 12.7. The van der Waals surface area contributed by atoms with Crippen molar-refractivity contribution in [3.05, 3.63) is 76.7 Å². The Balaban J connectivity index is 1.36. The molecule has 31 heavy (non-hydrogen) atoms. The molecule has 1 fully saturated rings. The van der Waals surface area contributed by atoms with Crippen molar-refractivity contribution in [1.29, 1.82) is 0 Å². The van der Waals surface area contributed by atoms with E-state index in [0.29, 0.717) is 35.9 Å². The number of nitrogens with one attached hydrogen (secondary N) is 1. The van der Waals surface area contributed by atoms with E-state index in [9.17, 15) is 9.59 Å². The van der Waals surface area contributed by atoms with Crippen molar-refractivity contribution < 1.29 is 18.7 Å². The van der Waals surface area contributed by atoms with Crippen LogP contribution in [0.2, 0.25) is 0 Å². The smallest absolute Gasteiger partial charge is 0.289 e. The Labute approximate surface area is 188 Å². The average molecular weight is 484 g/mol. The summed E-state index contributed by atoms with van der Waals surface area (Å²) in [5, 5.41) is 2.91. The lowest BCUT2D eigenvalue weighted by molar-refractivity contribution is 0.0714. The zero-order valence-electron chi connectivity index (χ0n) is 17.0. The van der Waals surface area contributed by atoms with Crippen LogP contribution in [0, 0.1) is 0 Å². The molecule has 3 aromatic rings. The predicted octanol–water partition coefficient (Wildman–Crippen LogP) is 4.27. The highest BCUT2D eigenvalue weighted by molar-refractivity contribution is 9.10. The van der Waals surface area contributed by atoms with E-state index >= 15 is 0 Å². The number of furan rings is 1. The molecule has 0 atom stereocenters. The summed E-state index contributed by atoms with van der Waals surface area (Å²) in [5.41, 5.74) is 2.20. The fraction of sp³-hybridized carbons (Fsp3) is 0.217. The van der Waals surface area contributed by atoms with Crippen molar-refractivity contribution in [3.8, 4) is 5.75 Å². The lowest BCUT2D eigenvalue weighted by Crippen LogP contribution is -2.48. The Morgan fingerprint density at radius 3 is 2.42 bits per heavy atom. The van der Waals surface area contributed by atoms with Crippen LogP contribution in [0.3, 0.4) is 0 Å². The van der Waals surface area contributed by atoms with Gasteiger partial charge in [0.05, 0.1) is 18.9 Å². The van der Waals surface area contributed by atoms with Gasteiger partial charge >= 0.3 is 0 Å². The third-order valence-electron chi connectivity index (χ3n) is 5.20. The third kappa shape index (κ3) is 4.74. The van der Waals surface area contributed by atoms with Gasteiger partial charge in [-0.1, -0.05) is 15.9 Å². The first-order valence-corrected chi connectivity index (χ1v) is 10.7. The normalized spacial score (nSPS) is 13.7. The van der Waals surface area contributed by atoms with Crippen LogP contribution in [-0.4, -0.2) is 50.0 Å². The highest BCUT2D eigenvalue weighted by Crippen LogP contribution is 2.25. The second-order valence-corrected chi connectivity index (χ2v) is 8.02. The number of methoxy groups -OCH3 is 1.